The maximum atomic E-state index is 12.1. The lowest BCUT2D eigenvalue weighted by molar-refractivity contribution is 0.409. The van der Waals surface area contributed by atoms with Gasteiger partial charge in [-0.2, -0.15) is 5.10 Å². The lowest BCUT2D eigenvalue weighted by Gasteiger charge is -2.11. The number of hydrogen-bond donors (Lipinski definition) is 4. The van der Waals surface area contributed by atoms with Crippen molar-refractivity contribution in [3.63, 3.8) is 0 Å². The molecule has 0 amide bonds. The van der Waals surface area contributed by atoms with Crippen molar-refractivity contribution in [2.75, 3.05) is 0 Å². The van der Waals surface area contributed by atoms with Gasteiger partial charge in [0.05, 0.1) is 11.8 Å². The van der Waals surface area contributed by atoms with E-state index in [1.807, 2.05) is 0 Å². The maximum absolute atomic E-state index is 12.1. The van der Waals surface area contributed by atoms with Crippen LogP contribution in [0, 0.1) is 0 Å². The third-order valence-corrected chi connectivity index (χ3v) is 3.82. The maximum Gasteiger partial charge on any atom is 0.331 e. The fourth-order valence-corrected chi connectivity index (χ4v) is 2.62. The summed E-state index contributed by atoms with van der Waals surface area (Å²) in [4.78, 5) is 26.0. The number of phenols is 1. The van der Waals surface area contributed by atoms with Gasteiger partial charge >= 0.3 is 5.69 Å². The quantitative estimate of drug-likeness (QED) is 0.612. The van der Waals surface area contributed by atoms with Gasteiger partial charge in [-0.3, -0.25) is 14.3 Å². The molecule has 0 aliphatic carbocycles. The Morgan fingerprint density at radius 1 is 1.29 bits per heavy atom. The molecule has 1 atom stereocenters. The van der Waals surface area contributed by atoms with E-state index in [9.17, 15) is 19.8 Å². The van der Waals surface area contributed by atoms with Crippen LogP contribution in [0.2, 0.25) is 0 Å². The van der Waals surface area contributed by atoms with Crippen molar-refractivity contribution in [3.05, 3.63) is 68.9 Å². The first-order valence-corrected chi connectivity index (χ1v) is 7.29. The number of aromatic hydroxyl groups is 2. The molecule has 0 radical (unpaired) electrons. The second kappa shape index (κ2) is 6.07. The molecule has 4 N–H and O–H groups in total. The number of aromatic nitrogens is 2. The van der Waals surface area contributed by atoms with E-state index in [2.05, 4.69) is 22.1 Å². The Kier molecular flexibility index (Phi) is 3.95. The number of H-pyrrole nitrogens is 1. The number of hydrogen-bond acceptors (Lipinski definition) is 6. The summed E-state index contributed by atoms with van der Waals surface area (Å²) in [5, 5.41) is 23.8. The summed E-state index contributed by atoms with van der Waals surface area (Å²) in [6.07, 6.45) is 1.80. The summed E-state index contributed by atoms with van der Waals surface area (Å²) in [7, 11) is 0. The number of aromatic amines is 1. The highest BCUT2D eigenvalue weighted by atomic mass is 16.3. The molecule has 1 aromatic carbocycles. The van der Waals surface area contributed by atoms with Gasteiger partial charge < -0.3 is 15.6 Å². The molecule has 3 rings (SSSR count). The monoisotopic (exact) mass is 328 g/mol. The molecule has 8 heteroatoms. The molecule has 0 unspecified atom stereocenters. The fourth-order valence-electron chi connectivity index (χ4n) is 2.62. The van der Waals surface area contributed by atoms with Crippen LogP contribution < -0.4 is 16.7 Å². The second-order valence-electron chi connectivity index (χ2n) is 5.39. The van der Waals surface area contributed by atoms with Crippen LogP contribution in [0.25, 0.3) is 0 Å². The summed E-state index contributed by atoms with van der Waals surface area (Å²) in [5.41, 5.74) is 2.69. The van der Waals surface area contributed by atoms with Crippen molar-refractivity contribution < 1.29 is 10.2 Å². The van der Waals surface area contributed by atoms with Gasteiger partial charge in [0.2, 0.25) is 5.88 Å². The van der Waals surface area contributed by atoms with E-state index in [0.29, 0.717) is 12.1 Å². The van der Waals surface area contributed by atoms with Gasteiger partial charge in [-0.15, -0.1) is 6.58 Å². The molecule has 24 heavy (non-hydrogen) atoms. The predicted molar refractivity (Wildman–Crippen MR) is 88.3 cm³/mol. The van der Waals surface area contributed by atoms with Crippen LogP contribution in [0.3, 0.4) is 0 Å². The predicted octanol–water partition coefficient (Wildman–Crippen LogP) is 0.572. The molecule has 2 heterocycles. The van der Waals surface area contributed by atoms with Gasteiger partial charge in [0, 0.05) is 13.0 Å². The first-order valence-electron chi connectivity index (χ1n) is 7.29. The van der Waals surface area contributed by atoms with E-state index in [0.717, 1.165) is 10.1 Å². The molecule has 0 spiro atoms. The van der Waals surface area contributed by atoms with E-state index in [-0.39, 0.29) is 23.9 Å². The Hall–Kier alpha value is -3.29. The second-order valence-corrected chi connectivity index (χ2v) is 5.39. The minimum atomic E-state index is -0.706. The third-order valence-electron chi connectivity index (χ3n) is 3.82. The van der Waals surface area contributed by atoms with E-state index >= 15 is 0 Å². The van der Waals surface area contributed by atoms with E-state index in [1.54, 1.807) is 24.3 Å². The highest BCUT2D eigenvalue weighted by molar-refractivity contribution is 6.03. The minimum absolute atomic E-state index is 0.0368. The van der Waals surface area contributed by atoms with Crippen LogP contribution in [0.4, 0.5) is 0 Å². The molecule has 8 nitrogen and oxygen atoms in total. The molecular formula is C16H16N4O4. The summed E-state index contributed by atoms with van der Waals surface area (Å²) in [5.74, 6) is -0.279. The standard InChI is InChI=1S/C16H16N4O4/c1-2-7-20-15(23)13(14(22)17-16(20)24)12-8-11(18-19-12)9-3-5-10(21)6-4-9/h2-6,11,18,21,23H,1,7-8H2,(H,17,22,24)/t11-/m1/s1. The van der Waals surface area contributed by atoms with Crippen LogP contribution in [0.5, 0.6) is 11.6 Å². The third kappa shape index (κ3) is 2.69. The van der Waals surface area contributed by atoms with Crippen LogP contribution in [-0.4, -0.2) is 25.5 Å². The molecule has 0 saturated heterocycles. The van der Waals surface area contributed by atoms with Crippen molar-refractivity contribution in [2.45, 2.75) is 19.0 Å². The lowest BCUT2D eigenvalue weighted by Crippen LogP contribution is -2.33. The van der Waals surface area contributed by atoms with Gasteiger partial charge in [-0.05, 0) is 17.7 Å². The number of phenolic OH excluding ortho intramolecular Hbond substituents is 1. The van der Waals surface area contributed by atoms with Crippen LogP contribution in [-0.2, 0) is 6.54 Å². The van der Waals surface area contributed by atoms with Crippen LogP contribution in [0.15, 0.2) is 51.6 Å². The molecule has 1 aliphatic heterocycles. The smallest absolute Gasteiger partial charge is 0.331 e. The van der Waals surface area contributed by atoms with Crippen molar-refractivity contribution in [3.8, 4) is 11.6 Å². The average Bonchev–Trinajstić information content (AvgIpc) is 3.01. The molecule has 0 bridgehead atoms. The number of allylic oxidation sites excluding steroid dienone is 1. The molecular weight excluding hydrogens is 312 g/mol. The zero-order valence-corrected chi connectivity index (χ0v) is 12.7. The van der Waals surface area contributed by atoms with Gasteiger partial charge in [0.15, 0.2) is 0 Å². The first-order chi connectivity index (χ1) is 11.5. The van der Waals surface area contributed by atoms with Crippen molar-refractivity contribution in [1.82, 2.24) is 15.0 Å². The number of hydrazone groups is 1. The summed E-state index contributed by atoms with van der Waals surface area (Å²) >= 11 is 0. The van der Waals surface area contributed by atoms with Gasteiger partial charge in [-0.1, -0.05) is 18.2 Å². The highest BCUT2D eigenvalue weighted by Crippen LogP contribution is 2.26. The minimum Gasteiger partial charge on any atom is -0.508 e. The van der Waals surface area contributed by atoms with Gasteiger partial charge in [-0.25, -0.2) is 4.79 Å². The largest absolute Gasteiger partial charge is 0.508 e. The molecule has 0 fully saturated rings. The van der Waals surface area contributed by atoms with Crippen molar-refractivity contribution in [2.24, 2.45) is 5.10 Å². The Labute approximate surface area is 136 Å². The topological polar surface area (TPSA) is 120 Å². The molecule has 0 saturated carbocycles. The van der Waals surface area contributed by atoms with Gasteiger partial charge in [0.1, 0.15) is 11.3 Å². The Balaban J connectivity index is 1.95. The number of nitrogens with one attached hydrogen (secondary N) is 2. The van der Waals surface area contributed by atoms with E-state index in [4.69, 9.17) is 0 Å². The zero-order valence-electron chi connectivity index (χ0n) is 12.7. The fraction of sp³-hybridized carbons (Fsp3) is 0.188. The zero-order chi connectivity index (χ0) is 17.3. The first kappa shape index (κ1) is 15.6. The van der Waals surface area contributed by atoms with Crippen LogP contribution in [0.1, 0.15) is 23.6 Å². The number of benzene rings is 1. The van der Waals surface area contributed by atoms with Crippen molar-refractivity contribution >= 4 is 5.71 Å². The molecule has 1 aliphatic rings. The Bertz CT molecular complexity index is 925. The summed E-state index contributed by atoms with van der Waals surface area (Å²) in [6, 6.07) is 6.41. The van der Waals surface area contributed by atoms with Gasteiger partial charge in [0.25, 0.3) is 5.56 Å². The van der Waals surface area contributed by atoms with E-state index in [1.165, 1.54) is 6.08 Å². The van der Waals surface area contributed by atoms with Crippen molar-refractivity contribution in [1.29, 1.82) is 0 Å². The lowest BCUT2D eigenvalue weighted by atomic mass is 10.00. The molecule has 1 aromatic heterocycles. The Morgan fingerprint density at radius 3 is 2.67 bits per heavy atom. The average molecular weight is 328 g/mol. The highest BCUT2D eigenvalue weighted by Gasteiger charge is 2.27. The number of rotatable bonds is 4. The summed E-state index contributed by atoms with van der Waals surface area (Å²) in [6.45, 7) is 3.59. The van der Waals surface area contributed by atoms with Crippen LogP contribution >= 0.6 is 0 Å². The molecule has 2 aromatic rings. The SMILES string of the molecule is C=CCn1c(O)c(C2=NN[C@@H](c3ccc(O)cc3)C2)c(=O)[nH]c1=O. The Morgan fingerprint density at radius 2 is 2.00 bits per heavy atom. The summed E-state index contributed by atoms with van der Waals surface area (Å²) < 4.78 is 1.01. The number of nitrogens with zero attached hydrogens (tertiary/aromatic N) is 2. The normalized spacial score (nSPS) is 16.5. The molecule has 124 valence electrons. The van der Waals surface area contributed by atoms with E-state index < -0.39 is 17.1 Å².